The minimum Gasteiger partial charge on any atom is -0.340 e. The van der Waals surface area contributed by atoms with Crippen LogP contribution in [0, 0.1) is 5.41 Å². The van der Waals surface area contributed by atoms with E-state index in [-0.39, 0.29) is 10.2 Å². The van der Waals surface area contributed by atoms with Gasteiger partial charge in [-0.2, -0.15) is 11.8 Å². The number of thioether (sulfide) groups is 1. The maximum Gasteiger partial charge on any atom is 0.229 e. The van der Waals surface area contributed by atoms with E-state index in [0.717, 1.165) is 38.4 Å². The zero-order chi connectivity index (χ0) is 11.8. The van der Waals surface area contributed by atoms with Crippen LogP contribution in [0.3, 0.4) is 0 Å². The summed E-state index contributed by atoms with van der Waals surface area (Å²) in [5.41, 5.74) is -0.155. The van der Waals surface area contributed by atoms with Crippen LogP contribution in [-0.2, 0) is 4.79 Å². The number of hydrogen-bond donors (Lipinski definition) is 1. The van der Waals surface area contributed by atoms with Crippen molar-refractivity contribution in [2.45, 2.75) is 31.9 Å². The van der Waals surface area contributed by atoms with Crippen LogP contribution in [0.5, 0.6) is 0 Å². The first kappa shape index (κ1) is 12.2. The zero-order valence-electron chi connectivity index (χ0n) is 10.5. The van der Waals surface area contributed by atoms with Crippen molar-refractivity contribution >= 4 is 17.7 Å². The number of carbonyl (C=O) groups excluding carboxylic acids is 1. The molecule has 16 heavy (non-hydrogen) atoms. The Hall–Kier alpha value is -0.220. The molecule has 2 saturated heterocycles. The second kappa shape index (κ2) is 4.22. The van der Waals surface area contributed by atoms with E-state index in [4.69, 9.17) is 0 Å². The van der Waals surface area contributed by atoms with Gasteiger partial charge in [0.15, 0.2) is 0 Å². The third-order valence-corrected chi connectivity index (χ3v) is 4.90. The van der Waals surface area contributed by atoms with Gasteiger partial charge in [0, 0.05) is 30.1 Å². The summed E-state index contributed by atoms with van der Waals surface area (Å²) in [6, 6.07) is 0. The minimum absolute atomic E-state index is 0.155. The van der Waals surface area contributed by atoms with Crippen molar-refractivity contribution in [2.24, 2.45) is 5.41 Å². The molecule has 0 spiro atoms. The molecule has 1 unspecified atom stereocenters. The first-order valence-electron chi connectivity index (χ1n) is 6.07. The zero-order valence-corrected chi connectivity index (χ0v) is 11.3. The molecule has 2 fully saturated rings. The Kier molecular flexibility index (Phi) is 3.23. The maximum absolute atomic E-state index is 12.5. The second-order valence-corrected chi connectivity index (χ2v) is 7.62. The van der Waals surface area contributed by atoms with Gasteiger partial charge in [0.1, 0.15) is 0 Å². The van der Waals surface area contributed by atoms with Crippen LogP contribution in [0.1, 0.15) is 27.2 Å². The molecule has 1 atom stereocenters. The van der Waals surface area contributed by atoms with Crippen LogP contribution in [0.2, 0.25) is 0 Å². The van der Waals surface area contributed by atoms with E-state index in [1.807, 2.05) is 11.8 Å². The fraction of sp³-hybridized carbons (Fsp3) is 0.917. The van der Waals surface area contributed by atoms with Gasteiger partial charge in [0.25, 0.3) is 0 Å². The molecule has 92 valence electrons. The third-order valence-electron chi connectivity index (χ3n) is 3.60. The third kappa shape index (κ3) is 2.38. The van der Waals surface area contributed by atoms with Crippen LogP contribution in [0.4, 0.5) is 0 Å². The molecule has 0 bridgehead atoms. The Morgan fingerprint density at radius 3 is 2.69 bits per heavy atom. The Morgan fingerprint density at radius 2 is 2.12 bits per heavy atom. The van der Waals surface area contributed by atoms with Gasteiger partial charge >= 0.3 is 0 Å². The van der Waals surface area contributed by atoms with Gasteiger partial charge in [-0.1, -0.05) is 0 Å². The number of nitrogens with zero attached hydrogens (tertiary/aromatic N) is 1. The average molecular weight is 242 g/mol. The number of nitrogens with one attached hydrogen (secondary N) is 1. The van der Waals surface area contributed by atoms with Crippen LogP contribution < -0.4 is 5.32 Å². The molecule has 2 rings (SSSR count). The summed E-state index contributed by atoms with van der Waals surface area (Å²) in [5.74, 6) is 1.42. The molecule has 2 aliphatic rings. The second-order valence-electron chi connectivity index (χ2n) is 5.82. The molecule has 0 aliphatic carbocycles. The highest BCUT2D eigenvalue weighted by Crippen LogP contribution is 2.33. The highest BCUT2D eigenvalue weighted by Gasteiger charge is 2.41. The van der Waals surface area contributed by atoms with Crippen molar-refractivity contribution in [3.05, 3.63) is 0 Å². The summed E-state index contributed by atoms with van der Waals surface area (Å²) in [4.78, 5) is 14.6. The Balaban J connectivity index is 2.04. The van der Waals surface area contributed by atoms with Crippen molar-refractivity contribution in [1.29, 1.82) is 0 Å². The Labute approximate surface area is 102 Å². The standard InChI is InChI=1S/C12H22N2OS/c1-11(2)9-14(6-7-16-11)10(15)12(3)4-5-13-8-12/h13H,4-9H2,1-3H3. The lowest BCUT2D eigenvalue weighted by molar-refractivity contribution is -0.140. The minimum atomic E-state index is -0.155. The highest BCUT2D eigenvalue weighted by atomic mass is 32.2. The van der Waals surface area contributed by atoms with Crippen molar-refractivity contribution in [2.75, 3.05) is 31.9 Å². The molecule has 0 radical (unpaired) electrons. The lowest BCUT2D eigenvalue weighted by Crippen LogP contribution is -2.51. The molecule has 4 heteroatoms. The van der Waals surface area contributed by atoms with Crippen molar-refractivity contribution in [1.82, 2.24) is 10.2 Å². The number of amides is 1. The lowest BCUT2D eigenvalue weighted by atomic mass is 9.87. The summed E-state index contributed by atoms with van der Waals surface area (Å²) in [5, 5.41) is 3.30. The fourth-order valence-electron chi connectivity index (χ4n) is 2.57. The Bertz CT molecular complexity index is 285. The normalized spacial score (nSPS) is 34.1. The number of rotatable bonds is 1. The van der Waals surface area contributed by atoms with Gasteiger partial charge in [-0.05, 0) is 33.7 Å². The summed E-state index contributed by atoms with van der Waals surface area (Å²) in [6.45, 7) is 10.2. The largest absolute Gasteiger partial charge is 0.340 e. The topological polar surface area (TPSA) is 32.3 Å². The van der Waals surface area contributed by atoms with Gasteiger partial charge in [-0.25, -0.2) is 0 Å². The van der Waals surface area contributed by atoms with Gasteiger partial charge in [0.05, 0.1) is 5.41 Å². The van der Waals surface area contributed by atoms with E-state index < -0.39 is 0 Å². The molecule has 1 amide bonds. The fourth-order valence-corrected chi connectivity index (χ4v) is 3.68. The first-order valence-corrected chi connectivity index (χ1v) is 7.06. The summed E-state index contributed by atoms with van der Waals surface area (Å²) >= 11 is 1.97. The van der Waals surface area contributed by atoms with E-state index in [2.05, 4.69) is 31.0 Å². The first-order chi connectivity index (χ1) is 7.43. The van der Waals surface area contributed by atoms with Crippen molar-refractivity contribution in [3.63, 3.8) is 0 Å². The van der Waals surface area contributed by atoms with Crippen LogP contribution in [-0.4, -0.2) is 47.5 Å². The predicted molar refractivity (Wildman–Crippen MR) is 68.7 cm³/mol. The molecular weight excluding hydrogens is 220 g/mol. The van der Waals surface area contributed by atoms with E-state index >= 15 is 0 Å². The predicted octanol–water partition coefficient (Wildman–Crippen LogP) is 1.34. The molecule has 0 aromatic rings. The smallest absolute Gasteiger partial charge is 0.229 e. The summed E-state index contributed by atoms with van der Waals surface area (Å²) in [7, 11) is 0. The average Bonchev–Trinajstić information content (AvgIpc) is 2.64. The highest BCUT2D eigenvalue weighted by molar-refractivity contribution is 8.00. The number of hydrogen-bond acceptors (Lipinski definition) is 3. The molecule has 2 aliphatic heterocycles. The maximum atomic E-state index is 12.5. The molecule has 3 nitrogen and oxygen atoms in total. The van der Waals surface area contributed by atoms with Gasteiger partial charge in [0.2, 0.25) is 5.91 Å². The van der Waals surface area contributed by atoms with Crippen molar-refractivity contribution in [3.8, 4) is 0 Å². The van der Waals surface area contributed by atoms with Crippen LogP contribution in [0.25, 0.3) is 0 Å². The quantitative estimate of drug-likeness (QED) is 0.753. The van der Waals surface area contributed by atoms with Crippen LogP contribution in [0.15, 0.2) is 0 Å². The lowest BCUT2D eigenvalue weighted by Gasteiger charge is -2.40. The van der Waals surface area contributed by atoms with Gasteiger partial charge in [-0.3, -0.25) is 4.79 Å². The van der Waals surface area contributed by atoms with E-state index in [9.17, 15) is 4.79 Å². The summed E-state index contributed by atoms with van der Waals surface area (Å²) in [6.07, 6.45) is 0.982. The molecule has 0 saturated carbocycles. The Morgan fingerprint density at radius 1 is 1.38 bits per heavy atom. The molecule has 1 N–H and O–H groups in total. The molecule has 2 heterocycles. The molecule has 0 aromatic carbocycles. The summed E-state index contributed by atoms with van der Waals surface area (Å²) < 4.78 is 0.219. The van der Waals surface area contributed by atoms with E-state index in [1.54, 1.807) is 0 Å². The van der Waals surface area contributed by atoms with E-state index in [0.29, 0.717) is 5.91 Å². The van der Waals surface area contributed by atoms with Crippen LogP contribution >= 0.6 is 11.8 Å². The number of carbonyl (C=O) groups is 1. The monoisotopic (exact) mass is 242 g/mol. The molecular formula is C12H22N2OS. The molecule has 0 aromatic heterocycles. The van der Waals surface area contributed by atoms with E-state index in [1.165, 1.54) is 0 Å². The SMILES string of the molecule is CC1(C)CN(C(=O)C2(C)CCNC2)CCS1. The van der Waals surface area contributed by atoms with Crippen molar-refractivity contribution < 1.29 is 4.79 Å². The van der Waals surface area contributed by atoms with Gasteiger partial charge in [-0.15, -0.1) is 0 Å². The van der Waals surface area contributed by atoms with Gasteiger partial charge < -0.3 is 10.2 Å².